The van der Waals surface area contributed by atoms with Crippen molar-refractivity contribution in [3.63, 3.8) is 0 Å². The second kappa shape index (κ2) is 8.60. The fraction of sp³-hybridized carbons (Fsp3) is 1.00. The molecule has 0 bridgehead atoms. The van der Waals surface area contributed by atoms with Crippen molar-refractivity contribution >= 4 is 0 Å². The van der Waals surface area contributed by atoms with Crippen molar-refractivity contribution in [2.24, 2.45) is 0 Å². The molecule has 1 rings (SSSR count). The standard InChI is InChI=1S/C12H24O11/c13-1-3(15)5(16)7(18)9(20)11(22)12-10(21)8(19)6(17)4(2-14)23-12/h3-22H,1-2H2/t3-,4+,5+,6+,7-,8-,9-,10+,11?,12?/m0/s1. The number of hydrogen-bond donors (Lipinski definition) is 10. The second-order valence-corrected chi connectivity index (χ2v) is 5.51. The molecule has 1 fully saturated rings. The van der Waals surface area contributed by atoms with Gasteiger partial charge in [0.15, 0.2) is 0 Å². The zero-order valence-corrected chi connectivity index (χ0v) is 12.1. The van der Waals surface area contributed by atoms with Gasteiger partial charge in [0.25, 0.3) is 0 Å². The van der Waals surface area contributed by atoms with Crippen molar-refractivity contribution < 1.29 is 55.8 Å². The second-order valence-electron chi connectivity index (χ2n) is 5.51. The van der Waals surface area contributed by atoms with Crippen molar-refractivity contribution in [3.8, 4) is 0 Å². The van der Waals surface area contributed by atoms with Gasteiger partial charge in [-0.1, -0.05) is 0 Å². The first-order valence-corrected chi connectivity index (χ1v) is 6.99. The average Bonchev–Trinajstić information content (AvgIpc) is 2.56. The van der Waals surface area contributed by atoms with Crippen molar-refractivity contribution in [2.75, 3.05) is 13.2 Å². The molecule has 0 aromatic rings. The van der Waals surface area contributed by atoms with E-state index in [0.29, 0.717) is 0 Å². The smallest absolute Gasteiger partial charge is 0.115 e. The van der Waals surface area contributed by atoms with Crippen LogP contribution in [0.15, 0.2) is 0 Å². The average molecular weight is 344 g/mol. The summed E-state index contributed by atoms with van der Waals surface area (Å²) in [7, 11) is 0. The first-order chi connectivity index (χ1) is 10.7. The lowest BCUT2D eigenvalue weighted by atomic mass is 9.88. The van der Waals surface area contributed by atoms with Crippen LogP contribution in [-0.2, 0) is 4.74 Å². The van der Waals surface area contributed by atoms with Gasteiger partial charge in [0.1, 0.15) is 61.0 Å². The largest absolute Gasteiger partial charge is 0.394 e. The van der Waals surface area contributed by atoms with Crippen LogP contribution in [0.5, 0.6) is 0 Å². The van der Waals surface area contributed by atoms with Crippen LogP contribution in [0.1, 0.15) is 0 Å². The minimum Gasteiger partial charge on any atom is -0.394 e. The third kappa shape index (κ3) is 4.35. The summed E-state index contributed by atoms with van der Waals surface area (Å²) >= 11 is 0. The summed E-state index contributed by atoms with van der Waals surface area (Å²) in [5, 5.41) is 94.9. The third-order valence-corrected chi connectivity index (χ3v) is 3.90. The highest BCUT2D eigenvalue weighted by atomic mass is 16.6. The van der Waals surface area contributed by atoms with Gasteiger partial charge in [0.2, 0.25) is 0 Å². The fourth-order valence-electron chi connectivity index (χ4n) is 2.35. The van der Waals surface area contributed by atoms with Crippen LogP contribution < -0.4 is 0 Å². The zero-order valence-electron chi connectivity index (χ0n) is 12.1. The number of ether oxygens (including phenoxy) is 1. The topological polar surface area (TPSA) is 212 Å². The molecule has 11 heteroatoms. The first kappa shape index (κ1) is 20.6. The zero-order chi connectivity index (χ0) is 17.9. The Labute approximate surface area is 131 Å². The van der Waals surface area contributed by atoms with Crippen molar-refractivity contribution in [1.29, 1.82) is 0 Å². The molecule has 138 valence electrons. The molecule has 0 saturated carbocycles. The predicted octanol–water partition coefficient (Wildman–Crippen LogP) is -6.37. The van der Waals surface area contributed by atoms with Gasteiger partial charge in [0, 0.05) is 0 Å². The molecule has 0 spiro atoms. The maximum Gasteiger partial charge on any atom is 0.115 e. The maximum absolute atomic E-state index is 9.98. The van der Waals surface area contributed by atoms with Crippen LogP contribution in [0, 0.1) is 0 Å². The Morgan fingerprint density at radius 3 is 1.78 bits per heavy atom. The molecule has 11 nitrogen and oxygen atoms in total. The van der Waals surface area contributed by atoms with E-state index in [1.807, 2.05) is 0 Å². The van der Waals surface area contributed by atoms with Crippen molar-refractivity contribution in [1.82, 2.24) is 0 Å². The number of aliphatic hydroxyl groups excluding tert-OH is 10. The summed E-state index contributed by atoms with van der Waals surface area (Å²) in [5.74, 6) is 0. The van der Waals surface area contributed by atoms with Gasteiger partial charge in [-0.3, -0.25) is 0 Å². The fourth-order valence-corrected chi connectivity index (χ4v) is 2.35. The maximum atomic E-state index is 9.98. The van der Waals surface area contributed by atoms with Gasteiger partial charge in [-0.15, -0.1) is 0 Å². The van der Waals surface area contributed by atoms with E-state index in [1.54, 1.807) is 0 Å². The van der Waals surface area contributed by atoms with Gasteiger partial charge in [-0.25, -0.2) is 0 Å². The highest BCUT2D eigenvalue weighted by Gasteiger charge is 2.49. The SMILES string of the molecule is OC[C@H](O)[C@@H](O)[C@H](O)[C@H](O)C(O)C1O[C@H](CO)[C@@H](O)[C@H](O)[C@H]1O. The van der Waals surface area contributed by atoms with Gasteiger partial charge in [-0.05, 0) is 0 Å². The Hall–Kier alpha value is -0.440. The first-order valence-electron chi connectivity index (χ1n) is 6.99. The van der Waals surface area contributed by atoms with Crippen LogP contribution in [0.2, 0.25) is 0 Å². The molecule has 1 aliphatic rings. The van der Waals surface area contributed by atoms with Gasteiger partial charge in [0.05, 0.1) is 13.2 Å². The van der Waals surface area contributed by atoms with E-state index in [0.717, 1.165) is 0 Å². The summed E-state index contributed by atoms with van der Waals surface area (Å²) < 4.78 is 5.01. The molecular formula is C12H24O11. The molecule has 1 saturated heterocycles. The lowest BCUT2D eigenvalue weighted by Gasteiger charge is -2.43. The molecule has 1 heterocycles. The molecule has 10 N–H and O–H groups in total. The van der Waals surface area contributed by atoms with E-state index in [9.17, 15) is 40.9 Å². The van der Waals surface area contributed by atoms with E-state index < -0.39 is 74.3 Å². The van der Waals surface area contributed by atoms with Gasteiger partial charge < -0.3 is 55.8 Å². The quantitative estimate of drug-likeness (QED) is 0.210. The van der Waals surface area contributed by atoms with Crippen LogP contribution in [0.4, 0.5) is 0 Å². The van der Waals surface area contributed by atoms with Gasteiger partial charge in [-0.2, -0.15) is 0 Å². The molecule has 10 atom stereocenters. The van der Waals surface area contributed by atoms with E-state index in [4.69, 9.17) is 14.9 Å². The Bertz CT molecular complexity index is 354. The predicted molar refractivity (Wildman–Crippen MR) is 70.9 cm³/mol. The number of aliphatic hydroxyl groups is 10. The Balaban J connectivity index is 2.83. The molecule has 0 amide bonds. The van der Waals surface area contributed by atoms with Gasteiger partial charge >= 0.3 is 0 Å². The van der Waals surface area contributed by atoms with Crippen LogP contribution in [-0.4, -0.2) is 125 Å². The van der Waals surface area contributed by atoms with E-state index >= 15 is 0 Å². The summed E-state index contributed by atoms with van der Waals surface area (Å²) in [6, 6.07) is 0. The molecular weight excluding hydrogens is 320 g/mol. The molecule has 0 aromatic heterocycles. The molecule has 23 heavy (non-hydrogen) atoms. The Morgan fingerprint density at radius 2 is 1.30 bits per heavy atom. The normalized spacial score (nSPS) is 38.6. The minimum atomic E-state index is -2.13. The molecule has 0 radical (unpaired) electrons. The van der Waals surface area contributed by atoms with E-state index in [-0.39, 0.29) is 0 Å². The summed E-state index contributed by atoms with van der Waals surface area (Å²) in [4.78, 5) is 0. The Kier molecular flexibility index (Phi) is 7.70. The summed E-state index contributed by atoms with van der Waals surface area (Å²) in [5.41, 5.74) is 0. The number of rotatable bonds is 7. The molecule has 1 aliphatic heterocycles. The van der Waals surface area contributed by atoms with Crippen molar-refractivity contribution in [3.05, 3.63) is 0 Å². The van der Waals surface area contributed by atoms with Crippen molar-refractivity contribution in [2.45, 2.75) is 61.0 Å². The molecule has 0 aromatic carbocycles. The van der Waals surface area contributed by atoms with E-state index in [2.05, 4.69) is 0 Å². The monoisotopic (exact) mass is 344 g/mol. The third-order valence-electron chi connectivity index (χ3n) is 3.90. The molecule has 2 unspecified atom stereocenters. The highest BCUT2D eigenvalue weighted by molar-refractivity contribution is 4.98. The molecule has 0 aliphatic carbocycles. The number of hydrogen-bond acceptors (Lipinski definition) is 11. The van der Waals surface area contributed by atoms with E-state index in [1.165, 1.54) is 0 Å². The minimum absolute atomic E-state index is 0.751. The summed E-state index contributed by atoms with van der Waals surface area (Å²) in [6.07, 6.45) is -18.4. The van der Waals surface area contributed by atoms with Crippen LogP contribution in [0.25, 0.3) is 0 Å². The Morgan fingerprint density at radius 1 is 0.739 bits per heavy atom. The summed E-state index contributed by atoms with van der Waals surface area (Å²) in [6.45, 7) is -1.67. The lowest BCUT2D eigenvalue weighted by molar-refractivity contribution is -0.264. The highest BCUT2D eigenvalue weighted by Crippen LogP contribution is 2.25. The van der Waals surface area contributed by atoms with Crippen LogP contribution >= 0.6 is 0 Å². The lowest BCUT2D eigenvalue weighted by Crippen LogP contribution is -2.64. The van der Waals surface area contributed by atoms with Crippen LogP contribution in [0.3, 0.4) is 0 Å².